The number of anilines is 1. The Kier molecular flexibility index (Phi) is 6.42. The topological polar surface area (TPSA) is 66.6 Å². The quantitative estimate of drug-likeness (QED) is 0.512. The zero-order valence-corrected chi connectivity index (χ0v) is 18.0. The molecule has 3 aromatic rings. The largest absolute Gasteiger partial charge is 0.493 e. The number of hydrogen-bond donors (Lipinski definition) is 2. The van der Waals surface area contributed by atoms with Crippen LogP contribution in [0.4, 0.5) is 10.1 Å². The van der Waals surface area contributed by atoms with Crippen LogP contribution < -0.4 is 14.8 Å². The van der Waals surface area contributed by atoms with Gasteiger partial charge >= 0.3 is 0 Å². The number of rotatable bonds is 8. The van der Waals surface area contributed by atoms with Gasteiger partial charge in [0.15, 0.2) is 17.3 Å². The Morgan fingerprint density at radius 2 is 1.97 bits per heavy atom. The first kappa shape index (κ1) is 21.2. The Labute approximate surface area is 181 Å². The van der Waals surface area contributed by atoms with Gasteiger partial charge in [-0.3, -0.25) is 4.79 Å². The number of ether oxygens (including phenoxy) is 2. The number of aromatic nitrogens is 1. The monoisotopic (exact) mass is 425 g/mol. The van der Waals surface area contributed by atoms with Crippen LogP contribution in [0.5, 0.6) is 11.5 Å². The summed E-state index contributed by atoms with van der Waals surface area (Å²) in [6, 6.07) is 10.0. The van der Waals surface area contributed by atoms with Gasteiger partial charge in [-0.15, -0.1) is 0 Å². The molecule has 7 heteroatoms. The molecule has 2 heterocycles. The number of carbonyl (C=O) groups excluding carboxylic acids is 1. The Balaban J connectivity index is 1.40. The molecule has 164 valence electrons. The number of aryl methyl sites for hydroxylation is 1. The second kappa shape index (κ2) is 9.39. The summed E-state index contributed by atoms with van der Waals surface area (Å²) in [6.07, 6.45) is 3.49. The Morgan fingerprint density at radius 1 is 1.16 bits per heavy atom. The van der Waals surface area contributed by atoms with Crippen molar-refractivity contribution in [3.05, 3.63) is 53.5 Å². The van der Waals surface area contributed by atoms with Crippen molar-refractivity contribution in [3.8, 4) is 11.5 Å². The summed E-state index contributed by atoms with van der Waals surface area (Å²) in [5, 5.41) is 3.10. The summed E-state index contributed by atoms with van der Waals surface area (Å²) in [5.41, 5.74) is 2.06. The number of nitrogens with one attached hydrogen (secondary N) is 2. The van der Waals surface area contributed by atoms with Crippen molar-refractivity contribution < 1.29 is 18.7 Å². The minimum Gasteiger partial charge on any atom is -0.493 e. The van der Waals surface area contributed by atoms with E-state index < -0.39 is 11.7 Å². The van der Waals surface area contributed by atoms with Gasteiger partial charge in [0.1, 0.15) is 0 Å². The molecule has 0 bridgehead atoms. The van der Waals surface area contributed by atoms with E-state index in [2.05, 4.69) is 15.2 Å². The molecule has 1 aliphatic heterocycles. The molecule has 1 saturated heterocycles. The third-order valence-corrected chi connectivity index (χ3v) is 5.62. The Bertz CT molecular complexity index is 1070. The number of H-pyrrole nitrogens is 1. The van der Waals surface area contributed by atoms with E-state index in [1.54, 1.807) is 36.4 Å². The summed E-state index contributed by atoms with van der Waals surface area (Å²) in [6.45, 7) is 5.81. The number of benzene rings is 2. The maximum absolute atomic E-state index is 14.8. The van der Waals surface area contributed by atoms with Gasteiger partial charge in [0.2, 0.25) is 0 Å². The fourth-order valence-corrected chi connectivity index (χ4v) is 4.00. The van der Waals surface area contributed by atoms with Crippen molar-refractivity contribution >= 4 is 22.5 Å². The molecule has 1 aromatic heterocycles. The van der Waals surface area contributed by atoms with Gasteiger partial charge in [0.05, 0.1) is 19.4 Å². The van der Waals surface area contributed by atoms with Gasteiger partial charge < -0.3 is 24.7 Å². The zero-order chi connectivity index (χ0) is 21.8. The van der Waals surface area contributed by atoms with Gasteiger partial charge in [-0.1, -0.05) is 0 Å². The number of fused-ring (bicyclic) bond motifs is 1. The summed E-state index contributed by atoms with van der Waals surface area (Å²) in [7, 11) is 1.54. The van der Waals surface area contributed by atoms with Crippen LogP contribution in [0.25, 0.3) is 10.9 Å². The molecule has 0 saturated carbocycles. The third kappa shape index (κ3) is 4.82. The third-order valence-electron chi connectivity index (χ3n) is 5.62. The zero-order valence-electron chi connectivity index (χ0n) is 18.0. The predicted molar refractivity (Wildman–Crippen MR) is 120 cm³/mol. The molecule has 0 radical (unpaired) electrons. The fraction of sp³-hybridized carbons (Fsp3) is 0.375. The molecule has 0 spiro atoms. The molecule has 31 heavy (non-hydrogen) atoms. The molecule has 0 aliphatic carbocycles. The average molecular weight is 426 g/mol. The molecule has 6 nitrogen and oxygen atoms in total. The number of methoxy groups -OCH3 is 1. The summed E-state index contributed by atoms with van der Waals surface area (Å²) in [5.74, 6) is 0.200. The molecule has 0 unspecified atom stereocenters. The van der Waals surface area contributed by atoms with Gasteiger partial charge in [-0.2, -0.15) is 0 Å². The minimum atomic E-state index is -0.458. The highest BCUT2D eigenvalue weighted by Gasteiger charge is 2.16. The number of nitrogens with zero attached hydrogens (tertiary/aromatic N) is 1. The molecular formula is C24H28FN3O3. The van der Waals surface area contributed by atoms with Crippen molar-refractivity contribution in [1.29, 1.82) is 0 Å². The van der Waals surface area contributed by atoms with Crippen LogP contribution in [0.3, 0.4) is 0 Å². The van der Waals surface area contributed by atoms with Gasteiger partial charge in [0, 0.05) is 28.7 Å². The average Bonchev–Trinajstić information content (AvgIpc) is 3.42. The molecule has 0 atom stereocenters. The number of carbonyl (C=O) groups is 1. The lowest BCUT2D eigenvalue weighted by Gasteiger charge is -2.16. The Hall–Kier alpha value is -3.06. The summed E-state index contributed by atoms with van der Waals surface area (Å²) < 4.78 is 26.0. The number of amides is 1. The van der Waals surface area contributed by atoms with Crippen LogP contribution in [0, 0.1) is 12.7 Å². The van der Waals surface area contributed by atoms with Gasteiger partial charge in [0.25, 0.3) is 5.91 Å². The van der Waals surface area contributed by atoms with E-state index in [0.717, 1.165) is 18.7 Å². The standard InChI is InChI=1S/C24H28FN3O3/c1-16-14-18-19(26-16)7-8-20(23(18)25)27-24(29)17-6-9-21(22(15-17)30-2)31-13-5-12-28-10-3-4-11-28/h6-9,14-15,26H,3-5,10-13H2,1-2H3,(H,27,29). The lowest BCUT2D eigenvalue weighted by molar-refractivity contribution is 0.102. The van der Waals surface area contributed by atoms with Crippen molar-refractivity contribution in [2.75, 3.05) is 38.7 Å². The molecule has 1 fully saturated rings. The highest BCUT2D eigenvalue weighted by molar-refractivity contribution is 6.05. The van der Waals surface area contributed by atoms with Crippen molar-refractivity contribution in [2.24, 2.45) is 0 Å². The summed E-state index contributed by atoms with van der Waals surface area (Å²) >= 11 is 0. The molecule has 1 amide bonds. The lowest BCUT2D eigenvalue weighted by atomic mass is 10.1. The van der Waals surface area contributed by atoms with Gasteiger partial charge in [-0.05, 0) is 75.7 Å². The van der Waals surface area contributed by atoms with E-state index >= 15 is 0 Å². The fourth-order valence-electron chi connectivity index (χ4n) is 4.00. The minimum absolute atomic E-state index is 0.137. The molecule has 1 aliphatic rings. The SMILES string of the molecule is COc1cc(C(=O)Nc2ccc3[nH]c(C)cc3c2F)ccc1OCCCN1CCCC1. The highest BCUT2D eigenvalue weighted by Crippen LogP contribution is 2.30. The van der Waals surface area contributed by atoms with Crippen LogP contribution >= 0.6 is 0 Å². The van der Waals surface area contributed by atoms with Crippen LogP contribution in [0.2, 0.25) is 0 Å². The molecule has 2 aromatic carbocycles. The Morgan fingerprint density at radius 3 is 2.74 bits per heavy atom. The smallest absolute Gasteiger partial charge is 0.255 e. The molecule has 4 rings (SSSR count). The van der Waals surface area contributed by atoms with E-state index in [1.165, 1.54) is 33.0 Å². The first-order chi connectivity index (χ1) is 15.0. The summed E-state index contributed by atoms with van der Waals surface area (Å²) in [4.78, 5) is 18.2. The first-order valence-corrected chi connectivity index (χ1v) is 10.7. The van der Waals surface area contributed by atoms with E-state index in [0.29, 0.717) is 34.6 Å². The molecular weight excluding hydrogens is 397 g/mol. The van der Waals surface area contributed by atoms with Crippen molar-refractivity contribution in [1.82, 2.24) is 9.88 Å². The van der Waals surface area contributed by atoms with E-state index in [9.17, 15) is 9.18 Å². The van der Waals surface area contributed by atoms with E-state index in [1.807, 2.05) is 6.92 Å². The number of aromatic amines is 1. The van der Waals surface area contributed by atoms with Crippen molar-refractivity contribution in [2.45, 2.75) is 26.2 Å². The second-order valence-electron chi connectivity index (χ2n) is 7.91. The normalized spacial score (nSPS) is 14.2. The molecule has 2 N–H and O–H groups in total. The number of likely N-dealkylation sites (tertiary alicyclic amines) is 1. The number of halogens is 1. The van der Waals surface area contributed by atoms with Crippen LogP contribution in [0.15, 0.2) is 36.4 Å². The van der Waals surface area contributed by atoms with E-state index in [-0.39, 0.29) is 5.69 Å². The van der Waals surface area contributed by atoms with Crippen LogP contribution in [-0.4, -0.2) is 49.1 Å². The first-order valence-electron chi connectivity index (χ1n) is 10.7. The highest BCUT2D eigenvalue weighted by atomic mass is 19.1. The maximum atomic E-state index is 14.8. The van der Waals surface area contributed by atoms with Crippen molar-refractivity contribution in [3.63, 3.8) is 0 Å². The number of hydrogen-bond acceptors (Lipinski definition) is 4. The van der Waals surface area contributed by atoms with E-state index in [4.69, 9.17) is 9.47 Å². The van der Waals surface area contributed by atoms with Crippen LogP contribution in [0.1, 0.15) is 35.3 Å². The van der Waals surface area contributed by atoms with Gasteiger partial charge in [-0.25, -0.2) is 4.39 Å². The lowest BCUT2D eigenvalue weighted by Crippen LogP contribution is -2.22. The maximum Gasteiger partial charge on any atom is 0.255 e. The predicted octanol–water partition coefficient (Wildman–Crippen LogP) is 4.74. The van der Waals surface area contributed by atoms with Crippen LogP contribution in [-0.2, 0) is 0 Å². The second-order valence-corrected chi connectivity index (χ2v) is 7.91.